The van der Waals surface area contributed by atoms with Crippen LogP contribution in [0.3, 0.4) is 0 Å². The molecule has 1 aromatic rings. The van der Waals surface area contributed by atoms with Crippen molar-refractivity contribution in [3.05, 3.63) is 35.6 Å². The summed E-state index contributed by atoms with van der Waals surface area (Å²) in [5.74, 6) is -0.988. The lowest BCUT2D eigenvalue weighted by Gasteiger charge is -2.20. The van der Waals surface area contributed by atoms with Gasteiger partial charge >= 0.3 is 5.97 Å². The Labute approximate surface area is 112 Å². The highest BCUT2D eigenvalue weighted by molar-refractivity contribution is 5.69. The second-order valence-corrected chi connectivity index (χ2v) is 4.93. The number of aliphatic carboxylic acids is 1. The molecule has 0 radical (unpaired) electrons. The van der Waals surface area contributed by atoms with Gasteiger partial charge in [-0.25, -0.2) is 4.39 Å². The van der Waals surface area contributed by atoms with E-state index in [1.807, 2.05) is 11.0 Å². The van der Waals surface area contributed by atoms with E-state index in [9.17, 15) is 9.18 Å². The van der Waals surface area contributed by atoms with Crippen molar-refractivity contribution in [1.29, 1.82) is 0 Å². The fourth-order valence-corrected chi connectivity index (χ4v) is 2.43. The monoisotopic (exact) mass is 266 g/mol. The fraction of sp³-hybridized carbons (Fsp3) is 0.500. The summed E-state index contributed by atoms with van der Waals surface area (Å²) in [5.41, 5.74) is 0.965. The van der Waals surface area contributed by atoms with E-state index in [4.69, 9.17) is 5.11 Å². The third-order valence-corrected chi connectivity index (χ3v) is 3.34. The molecule has 0 aliphatic carbocycles. The Bertz CT molecular complexity index is 439. The Morgan fingerprint density at radius 3 is 2.68 bits per heavy atom. The van der Waals surface area contributed by atoms with Crippen LogP contribution in [0.25, 0.3) is 0 Å². The van der Waals surface area contributed by atoms with Gasteiger partial charge in [0.05, 0.1) is 6.54 Å². The predicted molar refractivity (Wildman–Crippen MR) is 70.4 cm³/mol. The van der Waals surface area contributed by atoms with Gasteiger partial charge in [-0.3, -0.25) is 14.6 Å². The second kappa shape index (κ2) is 6.63. The third kappa shape index (κ3) is 4.61. The maximum absolute atomic E-state index is 13.1. The van der Waals surface area contributed by atoms with Crippen LogP contribution in [0, 0.1) is 5.82 Å². The van der Waals surface area contributed by atoms with Gasteiger partial charge in [-0.2, -0.15) is 0 Å². The minimum absolute atomic E-state index is 0.105. The molecule has 1 saturated heterocycles. The van der Waals surface area contributed by atoms with Crippen molar-refractivity contribution in [1.82, 2.24) is 9.80 Å². The van der Waals surface area contributed by atoms with E-state index in [1.165, 1.54) is 6.07 Å². The number of carbonyl (C=O) groups is 1. The maximum Gasteiger partial charge on any atom is 0.317 e. The molecule has 0 amide bonds. The SMILES string of the molecule is O=C(O)CN1CCCN(Cc2cccc(F)c2)CC1. The highest BCUT2D eigenvalue weighted by Crippen LogP contribution is 2.10. The van der Waals surface area contributed by atoms with Gasteiger partial charge in [0.15, 0.2) is 0 Å². The first-order valence-corrected chi connectivity index (χ1v) is 6.54. The molecular formula is C14H19FN2O2. The molecule has 104 valence electrons. The summed E-state index contributed by atoms with van der Waals surface area (Å²) in [4.78, 5) is 14.9. The van der Waals surface area contributed by atoms with Crippen molar-refractivity contribution in [3.63, 3.8) is 0 Å². The van der Waals surface area contributed by atoms with Gasteiger partial charge < -0.3 is 5.11 Å². The third-order valence-electron chi connectivity index (χ3n) is 3.34. The minimum Gasteiger partial charge on any atom is -0.480 e. The molecule has 1 aromatic carbocycles. The van der Waals surface area contributed by atoms with E-state index in [-0.39, 0.29) is 12.4 Å². The fourth-order valence-electron chi connectivity index (χ4n) is 2.43. The molecule has 2 rings (SSSR count). The number of rotatable bonds is 4. The zero-order valence-electron chi connectivity index (χ0n) is 10.9. The van der Waals surface area contributed by atoms with E-state index in [1.54, 1.807) is 12.1 Å². The topological polar surface area (TPSA) is 43.8 Å². The van der Waals surface area contributed by atoms with E-state index >= 15 is 0 Å². The van der Waals surface area contributed by atoms with Crippen LogP contribution >= 0.6 is 0 Å². The summed E-state index contributed by atoms with van der Waals surface area (Å²) in [6, 6.07) is 6.64. The van der Waals surface area contributed by atoms with Crippen LogP contribution < -0.4 is 0 Å². The first-order valence-electron chi connectivity index (χ1n) is 6.54. The van der Waals surface area contributed by atoms with Gasteiger partial charge in [0.1, 0.15) is 5.82 Å². The second-order valence-electron chi connectivity index (χ2n) is 4.93. The summed E-state index contributed by atoms with van der Waals surface area (Å²) in [5, 5.41) is 8.79. The normalized spacial score (nSPS) is 18.2. The van der Waals surface area contributed by atoms with Crippen LogP contribution in [0.4, 0.5) is 4.39 Å². The van der Waals surface area contributed by atoms with Gasteiger partial charge in [0, 0.05) is 26.2 Å². The first kappa shape index (κ1) is 14.0. The Morgan fingerprint density at radius 2 is 1.95 bits per heavy atom. The molecular weight excluding hydrogens is 247 g/mol. The van der Waals surface area contributed by atoms with Gasteiger partial charge in [-0.1, -0.05) is 12.1 Å². The lowest BCUT2D eigenvalue weighted by atomic mass is 10.2. The zero-order valence-corrected chi connectivity index (χ0v) is 10.9. The van der Waals surface area contributed by atoms with Crippen LogP contribution in [-0.2, 0) is 11.3 Å². The van der Waals surface area contributed by atoms with Crippen molar-refractivity contribution in [2.24, 2.45) is 0 Å². The van der Waals surface area contributed by atoms with E-state index in [2.05, 4.69) is 4.90 Å². The summed E-state index contributed by atoms with van der Waals surface area (Å²) < 4.78 is 13.1. The average molecular weight is 266 g/mol. The molecule has 4 nitrogen and oxygen atoms in total. The highest BCUT2D eigenvalue weighted by Gasteiger charge is 2.16. The average Bonchev–Trinajstić information content (AvgIpc) is 2.54. The number of hydrogen-bond acceptors (Lipinski definition) is 3. The Balaban J connectivity index is 1.87. The first-order chi connectivity index (χ1) is 9.13. The van der Waals surface area contributed by atoms with Crippen molar-refractivity contribution >= 4 is 5.97 Å². The zero-order chi connectivity index (χ0) is 13.7. The van der Waals surface area contributed by atoms with Crippen LogP contribution in [0.15, 0.2) is 24.3 Å². The van der Waals surface area contributed by atoms with Crippen molar-refractivity contribution in [3.8, 4) is 0 Å². The Hall–Kier alpha value is -1.46. The predicted octanol–water partition coefficient (Wildman–Crippen LogP) is 1.42. The molecule has 19 heavy (non-hydrogen) atoms. The van der Waals surface area contributed by atoms with Crippen LogP contribution in [0.5, 0.6) is 0 Å². The number of carboxylic acid groups (broad SMARTS) is 1. The van der Waals surface area contributed by atoms with Gasteiger partial charge in [0.25, 0.3) is 0 Å². The quantitative estimate of drug-likeness (QED) is 0.895. The van der Waals surface area contributed by atoms with E-state index < -0.39 is 5.97 Å². The molecule has 0 atom stereocenters. The standard InChI is InChI=1S/C14H19FN2O2/c15-13-4-1-3-12(9-13)10-16-5-2-6-17(8-7-16)11-14(18)19/h1,3-4,9H,2,5-8,10-11H2,(H,18,19). The lowest BCUT2D eigenvalue weighted by Crippen LogP contribution is -2.34. The molecule has 0 saturated carbocycles. The number of benzene rings is 1. The Kier molecular flexibility index (Phi) is 4.87. The van der Waals surface area contributed by atoms with Crippen molar-refractivity contribution in [2.75, 3.05) is 32.7 Å². The molecule has 0 bridgehead atoms. The molecule has 0 unspecified atom stereocenters. The molecule has 1 fully saturated rings. The van der Waals surface area contributed by atoms with Crippen LogP contribution in [0.1, 0.15) is 12.0 Å². The van der Waals surface area contributed by atoms with Crippen LogP contribution in [-0.4, -0.2) is 53.6 Å². The molecule has 1 heterocycles. The molecule has 0 spiro atoms. The molecule has 1 aliphatic heterocycles. The number of hydrogen-bond donors (Lipinski definition) is 1. The number of halogens is 1. The summed E-state index contributed by atoms with van der Waals surface area (Å²) >= 11 is 0. The van der Waals surface area contributed by atoms with Gasteiger partial charge in [-0.05, 0) is 30.7 Å². The van der Waals surface area contributed by atoms with Gasteiger partial charge in [-0.15, -0.1) is 0 Å². The molecule has 0 aromatic heterocycles. The highest BCUT2D eigenvalue weighted by atomic mass is 19.1. The summed E-state index contributed by atoms with van der Waals surface area (Å²) in [7, 11) is 0. The smallest absolute Gasteiger partial charge is 0.317 e. The molecule has 5 heteroatoms. The maximum atomic E-state index is 13.1. The van der Waals surface area contributed by atoms with Crippen molar-refractivity contribution < 1.29 is 14.3 Å². The Morgan fingerprint density at radius 1 is 1.21 bits per heavy atom. The van der Waals surface area contributed by atoms with Crippen LogP contribution in [0.2, 0.25) is 0 Å². The lowest BCUT2D eigenvalue weighted by molar-refractivity contribution is -0.138. The van der Waals surface area contributed by atoms with Crippen molar-refractivity contribution in [2.45, 2.75) is 13.0 Å². The number of carboxylic acids is 1. The largest absolute Gasteiger partial charge is 0.480 e. The molecule has 1 aliphatic rings. The minimum atomic E-state index is -0.779. The molecule has 1 N–H and O–H groups in total. The van der Waals surface area contributed by atoms with Gasteiger partial charge in [0.2, 0.25) is 0 Å². The number of nitrogens with zero attached hydrogens (tertiary/aromatic N) is 2. The van der Waals surface area contributed by atoms with E-state index in [0.717, 1.165) is 44.7 Å². The van der Waals surface area contributed by atoms with E-state index in [0.29, 0.717) is 0 Å². The summed E-state index contributed by atoms with van der Waals surface area (Å²) in [6.45, 7) is 4.14. The summed E-state index contributed by atoms with van der Waals surface area (Å²) in [6.07, 6.45) is 0.947.